The van der Waals surface area contributed by atoms with Crippen molar-refractivity contribution in [3.05, 3.63) is 38.0 Å². The van der Waals surface area contributed by atoms with Crippen LogP contribution in [0.25, 0.3) is 0 Å². The Balaban J connectivity index is 1.93. The zero-order valence-electron chi connectivity index (χ0n) is 13.2. The molecule has 2 aromatic rings. The molecule has 0 saturated carbocycles. The summed E-state index contributed by atoms with van der Waals surface area (Å²) in [7, 11) is 1.55. The standard InChI is InChI=1S/C13H17N5O5S/c1-7-8(11(20)16-12(21)15-7)5-10-17-18-13(23-10)24-6-9(19)14-3-4-22-2/h3-6H2,1-2H3,(H,14,19)(H2,15,16,20,21). The third kappa shape index (κ3) is 5.06. The van der Waals surface area contributed by atoms with Crippen LogP contribution in [0.4, 0.5) is 0 Å². The second-order valence-corrected chi connectivity index (χ2v) is 5.71. The first-order valence-corrected chi connectivity index (χ1v) is 8.01. The molecule has 2 heterocycles. The number of H-pyrrole nitrogens is 2. The van der Waals surface area contributed by atoms with Crippen LogP contribution in [0.5, 0.6) is 0 Å². The second-order valence-electron chi connectivity index (χ2n) is 4.78. The molecule has 0 spiro atoms. The zero-order chi connectivity index (χ0) is 17.5. The quantitative estimate of drug-likeness (QED) is 0.412. The predicted molar refractivity (Wildman–Crippen MR) is 85.1 cm³/mol. The first-order valence-electron chi connectivity index (χ1n) is 7.02. The van der Waals surface area contributed by atoms with Gasteiger partial charge in [0.05, 0.1) is 18.8 Å². The Morgan fingerprint density at radius 1 is 1.33 bits per heavy atom. The molecule has 0 aliphatic carbocycles. The van der Waals surface area contributed by atoms with Gasteiger partial charge in [0.2, 0.25) is 11.8 Å². The van der Waals surface area contributed by atoms with E-state index < -0.39 is 11.2 Å². The number of carbonyl (C=O) groups excluding carboxylic acids is 1. The number of aromatic amines is 2. The Morgan fingerprint density at radius 3 is 2.83 bits per heavy atom. The van der Waals surface area contributed by atoms with E-state index in [2.05, 4.69) is 25.5 Å². The van der Waals surface area contributed by atoms with Gasteiger partial charge in [-0.05, 0) is 6.92 Å². The van der Waals surface area contributed by atoms with Crippen molar-refractivity contribution >= 4 is 17.7 Å². The number of ether oxygens (including phenoxy) is 1. The molecule has 0 unspecified atom stereocenters. The number of hydrogen-bond acceptors (Lipinski definition) is 8. The highest BCUT2D eigenvalue weighted by Gasteiger charge is 2.13. The van der Waals surface area contributed by atoms with E-state index in [1.165, 1.54) is 0 Å². The smallest absolute Gasteiger partial charge is 0.325 e. The van der Waals surface area contributed by atoms with Gasteiger partial charge in [-0.1, -0.05) is 11.8 Å². The lowest BCUT2D eigenvalue weighted by Crippen LogP contribution is -2.28. The van der Waals surface area contributed by atoms with Crippen LogP contribution in [0.1, 0.15) is 17.1 Å². The summed E-state index contributed by atoms with van der Waals surface area (Å²) in [6.45, 7) is 2.48. The molecule has 130 valence electrons. The number of amides is 1. The summed E-state index contributed by atoms with van der Waals surface area (Å²) in [5.74, 6) is 0.173. The molecule has 1 amide bonds. The largest absolute Gasteiger partial charge is 0.416 e. The minimum atomic E-state index is -0.567. The van der Waals surface area contributed by atoms with Gasteiger partial charge in [0.1, 0.15) is 0 Å². The van der Waals surface area contributed by atoms with Gasteiger partial charge < -0.3 is 19.5 Å². The molecule has 0 bridgehead atoms. The maximum absolute atomic E-state index is 11.8. The van der Waals surface area contributed by atoms with Gasteiger partial charge in [-0.15, -0.1) is 10.2 Å². The van der Waals surface area contributed by atoms with E-state index >= 15 is 0 Å². The SMILES string of the molecule is COCCNC(=O)CSc1nnc(Cc2c(C)[nH]c(=O)[nH]c2=O)o1. The Morgan fingerprint density at radius 2 is 2.12 bits per heavy atom. The minimum absolute atomic E-state index is 0.0888. The van der Waals surface area contributed by atoms with E-state index in [0.29, 0.717) is 24.4 Å². The van der Waals surface area contributed by atoms with Crippen LogP contribution >= 0.6 is 11.8 Å². The highest BCUT2D eigenvalue weighted by molar-refractivity contribution is 7.99. The fourth-order valence-electron chi connectivity index (χ4n) is 1.83. The number of nitrogens with one attached hydrogen (secondary N) is 3. The molecule has 2 aromatic heterocycles. The third-order valence-electron chi connectivity index (χ3n) is 2.99. The molecule has 0 saturated heterocycles. The number of carbonyl (C=O) groups is 1. The summed E-state index contributed by atoms with van der Waals surface area (Å²) in [5, 5.41) is 10.5. The lowest BCUT2D eigenvalue weighted by Gasteiger charge is -2.02. The highest BCUT2D eigenvalue weighted by Crippen LogP contribution is 2.17. The number of hydrogen-bond donors (Lipinski definition) is 3. The molecular weight excluding hydrogens is 338 g/mol. The number of thioether (sulfide) groups is 1. The van der Waals surface area contributed by atoms with E-state index in [1.807, 2.05) is 0 Å². The van der Waals surface area contributed by atoms with Crippen molar-refractivity contribution in [1.82, 2.24) is 25.5 Å². The van der Waals surface area contributed by atoms with Crippen LogP contribution in [0, 0.1) is 6.92 Å². The third-order valence-corrected chi connectivity index (χ3v) is 3.80. The Hall–Kier alpha value is -2.40. The molecule has 0 fully saturated rings. The number of nitrogens with zero attached hydrogens (tertiary/aromatic N) is 2. The van der Waals surface area contributed by atoms with Gasteiger partial charge in [-0.3, -0.25) is 14.6 Å². The van der Waals surface area contributed by atoms with Crippen molar-refractivity contribution in [2.75, 3.05) is 26.0 Å². The highest BCUT2D eigenvalue weighted by atomic mass is 32.2. The normalized spacial score (nSPS) is 10.8. The van der Waals surface area contributed by atoms with Crippen LogP contribution in [-0.4, -0.2) is 52.1 Å². The van der Waals surface area contributed by atoms with Gasteiger partial charge in [-0.2, -0.15) is 0 Å². The monoisotopic (exact) mass is 355 g/mol. The first-order chi connectivity index (χ1) is 11.5. The summed E-state index contributed by atoms with van der Waals surface area (Å²) in [4.78, 5) is 39.1. The van der Waals surface area contributed by atoms with E-state index in [9.17, 15) is 14.4 Å². The Labute approximate surface area is 140 Å². The van der Waals surface area contributed by atoms with Crippen molar-refractivity contribution in [2.24, 2.45) is 0 Å². The average molecular weight is 355 g/mol. The van der Waals surface area contributed by atoms with E-state index in [0.717, 1.165) is 11.8 Å². The van der Waals surface area contributed by atoms with Crippen LogP contribution in [0.15, 0.2) is 19.2 Å². The maximum Gasteiger partial charge on any atom is 0.325 e. The maximum atomic E-state index is 11.8. The van der Waals surface area contributed by atoms with Crippen LogP contribution in [0.3, 0.4) is 0 Å². The summed E-state index contributed by atoms with van der Waals surface area (Å²) < 4.78 is 10.2. The summed E-state index contributed by atoms with van der Waals surface area (Å²) >= 11 is 1.09. The van der Waals surface area contributed by atoms with Crippen LogP contribution in [0.2, 0.25) is 0 Å². The fourth-order valence-corrected chi connectivity index (χ4v) is 2.44. The van der Waals surface area contributed by atoms with Crippen LogP contribution < -0.4 is 16.6 Å². The molecule has 24 heavy (non-hydrogen) atoms. The minimum Gasteiger partial charge on any atom is -0.416 e. The van der Waals surface area contributed by atoms with E-state index in [1.54, 1.807) is 14.0 Å². The van der Waals surface area contributed by atoms with Crippen molar-refractivity contribution < 1.29 is 13.9 Å². The molecule has 0 aliphatic heterocycles. The molecular formula is C13H17N5O5S. The molecule has 0 atom stereocenters. The fraction of sp³-hybridized carbons (Fsp3) is 0.462. The molecule has 0 aromatic carbocycles. The zero-order valence-corrected chi connectivity index (χ0v) is 14.0. The van der Waals surface area contributed by atoms with E-state index in [-0.39, 0.29) is 29.2 Å². The molecule has 3 N–H and O–H groups in total. The van der Waals surface area contributed by atoms with Crippen molar-refractivity contribution in [2.45, 2.75) is 18.6 Å². The van der Waals surface area contributed by atoms with Gasteiger partial charge in [0.25, 0.3) is 10.8 Å². The number of aromatic nitrogens is 4. The molecule has 11 heteroatoms. The first kappa shape index (κ1) is 17.9. The second kappa shape index (κ2) is 8.45. The van der Waals surface area contributed by atoms with Crippen LogP contribution in [-0.2, 0) is 16.0 Å². The van der Waals surface area contributed by atoms with Crippen molar-refractivity contribution in [3.63, 3.8) is 0 Å². The molecule has 2 rings (SSSR count). The average Bonchev–Trinajstić information content (AvgIpc) is 2.97. The van der Waals surface area contributed by atoms with Gasteiger partial charge in [0, 0.05) is 24.9 Å². The molecule has 10 nitrogen and oxygen atoms in total. The number of aryl methyl sites for hydroxylation is 1. The summed E-state index contributed by atoms with van der Waals surface area (Å²) in [6.07, 6.45) is 0.0888. The number of methoxy groups -OCH3 is 1. The van der Waals surface area contributed by atoms with E-state index in [4.69, 9.17) is 9.15 Å². The topological polar surface area (TPSA) is 143 Å². The van der Waals surface area contributed by atoms with Gasteiger partial charge >= 0.3 is 5.69 Å². The van der Waals surface area contributed by atoms with Gasteiger partial charge in [-0.25, -0.2) is 4.79 Å². The van der Waals surface area contributed by atoms with Crippen molar-refractivity contribution in [1.29, 1.82) is 0 Å². The van der Waals surface area contributed by atoms with Gasteiger partial charge in [0.15, 0.2) is 0 Å². The molecule has 0 radical (unpaired) electrons. The summed E-state index contributed by atoms with van der Waals surface area (Å²) in [5.41, 5.74) is -0.288. The Bertz CT molecular complexity index is 812. The summed E-state index contributed by atoms with van der Waals surface area (Å²) in [6, 6.07) is 0. The lowest BCUT2D eigenvalue weighted by molar-refractivity contribution is -0.118. The Kier molecular flexibility index (Phi) is 6.32. The predicted octanol–water partition coefficient (Wildman–Crippen LogP) is -0.800. The number of rotatable bonds is 8. The molecule has 0 aliphatic rings. The van der Waals surface area contributed by atoms with Crippen molar-refractivity contribution in [3.8, 4) is 0 Å². The lowest BCUT2D eigenvalue weighted by atomic mass is 10.2.